The molecule has 0 aromatic heterocycles. The Kier molecular flexibility index (Phi) is 6.49. The Hall–Kier alpha value is -2.34. The van der Waals surface area contributed by atoms with Crippen molar-refractivity contribution >= 4 is 17.6 Å². The topological polar surface area (TPSA) is 27.3 Å². The molecule has 150 valence electrons. The molecule has 1 fully saturated rings. The Morgan fingerprint density at radius 2 is 1.62 bits per heavy atom. The average molecular weight is 408 g/mol. The smallest absolute Gasteiger partial charge is 0.123 e. The number of hydrogen-bond acceptors (Lipinski definition) is 4. The molecule has 1 heterocycles. The maximum Gasteiger partial charge on any atom is 0.123 e. The Balaban J connectivity index is 1.30. The molecule has 1 aliphatic heterocycles. The van der Waals surface area contributed by atoms with Crippen LogP contribution in [0.1, 0.15) is 12.5 Å². The van der Waals surface area contributed by atoms with E-state index in [0.717, 1.165) is 47.9 Å². The molecule has 0 amide bonds. The number of hydrogen-bond donors (Lipinski definition) is 2. The van der Waals surface area contributed by atoms with Gasteiger partial charge in [-0.15, -0.1) is 0 Å². The van der Waals surface area contributed by atoms with Crippen LogP contribution >= 0.6 is 11.9 Å². The standard InChI is InChI=1S/C24H26FN3S/c1-18-16-28(15-14-26-18)17-19-2-10-23(11-3-19)27-29-24-12-6-21(7-13-24)20-4-8-22(25)9-5-20/h2-13,18,26-27H,14-17H2,1H3. The average Bonchev–Trinajstić information content (AvgIpc) is 2.74. The summed E-state index contributed by atoms with van der Waals surface area (Å²) < 4.78 is 16.5. The maximum absolute atomic E-state index is 13.1. The fourth-order valence-electron chi connectivity index (χ4n) is 3.57. The fraction of sp³-hybridized carbons (Fsp3) is 0.250. The van der Waals surface area contributed by atoms with Crippen molar-refractivity contribution in [2.45, 2.75) is 24.4 Å². The number of rotatable bonds is 6. The van der Waals surface area contributed by atoms with Gasteiger partial charge in [-0.25, -0.2) is 4.39 Å². The van der Waals surface area contributed by atoms with Gasteiger partial charge in [-0.05, 0) is 72.0 Å². The lowest BCUT2D eigenvalue weighted by Crippen LogP contribution is -2.48. The van der Waals surface area contributed by atoms with Crippen LogP contribution in [0.3, 0.4) is 0 Å². The number of piperazine rings is 1. The first kappa shape index (κ1) is 20.0. The van der Waals surface area contributed by atoms with Gasteiger partial charge in [0.05, 0.1) is 0 Å². The van der Waals surface area contributed by atoms with E-state index < -0.39 is 0 Å². The van der Waals surface area contributed by atoms with Gasteiger partial charge in [-0.3, -0.25) is 4.90 Å². The van der Waals surface area contributed by atoms with Crippen molar-refractivity contribution in [3.05, 3.63) is 84.2 Å². The molecule has 0 bridgehead atoms. The molecule has 0 radical (unpaired) electrons. The molecule has 0 aliphatic carbocycles. The minimum absolute atomic E-state index is 0.210. The lowest BCUT2D eigenvalue weighted by molar-refractivity contribution is 0.199. The second kappa shape index (κ2) is 9.44. The minimum atomic E-state index is -0.210. The number of nitrogens with one attached hydrogen (secondary N) is 2. The lowest BCUT2D eigenvalue weighted by Gasteiger charge is -2.31. The van der Waals surface area contributed by atoms with Crippen LogP contribution in [-0.2, 0) is 6.54 Å². The normalized spacial score (nSPS) is 17.2. The second-order valence-electron chi connectivity index (χ2n) is 7.52. The van der Waals surface area contributed by atoms with E-state index in [0.29, 0.717) is 6.04 Å². The molecule has 0 spiro atoms. The summed E-state index contributed by atoms with van der Waals surface area (Å²) in [6.07, 6.45) is 0. The van der Waals surface area contributed by atoms with Crippen LogP contribution in [0.15, 0.2) is 77.7 Å². The Labute approximate surface area is 176 Å². The van der Waals surface area contributed by atoms with Gasteiger partial charge in [0.1, 0.15) is 5.82 Å². The third-order valence-electron chi connectivity index (χ3n) is 5.13. The van der Waals surface area contributed by atoms with E-state index in [9.17, 15) is 4.39 Å². The molecule has 4 rings (SSSR count). The minimum Gasteiger partial charge on any atom is -0.326 e. The molecule has 3 nitrogen and oxygen atoms in total. The highest BCUT2D eigenvalue weighted by molar-refractivity contribution is 8.00. The quantitative estimate of drug-likeness (QED) is 0.535. The van der Waals surface area contributed by atoms with E-state index in [2.05, 4.69) is 70.4 Å². The Morgan fingerprint density at radius 3 is 2.28 bits per heavy atom. The van der Waals surface area contributed by atoms with Crippen molar-refractivity contribution < 1.29 is 4.39 Å². The van der Waals surface area contributed by atoms with Crippen molar-refractivity contribution in [1.82, 2.24) is 10.2 Å². The van der Waals surface area contributed by atoms with Crippen molar-refractivity contribution in [3.8, 4) is 11.1 Å². The predicted molar refractivity (Wildman–Crippen MR) is 120 cm³/mol. The fourth-order valence-corrected chi connectivity index (χ4v) is 4.21. The molecule has 1 atom stereocenters. The molecule has 29 heavy (non-hydrogen) atoms. The molecule has 0 saturated carbocycles. The van der Waals surface area contributed by atoms with Crippen LogP contribution in [0.2, 0.25) is 0 Å². The van der Waals surface area contributed by atoms with E-state index in [4.69, 9.17) is 0 Å². The Bertz CT molecular complexity index is 910. The number of nitrogens with zero attached hydrogens (tertiary/aromatic N) is 1. The first-order valence-electron chi connectivity index (χ1n) is 9.99. The van der Waals surface area contributed by atoms with E-state index >= 15 is 0 Å². The van der Waals surface area contributed by atoms with E-state index in [1.807, 2.05) is 0 Å². The maximum atomic E-state index is 13.1. The SMILES string of the molecule is CC1CN(Cc2ccc(NSc3ccc(-c4ccc(F)cc4)cc3)cc2)CCN1. The van der Waals surface area contributed by atoms with Crippen molar-refractivity contribution in [3.63, 3.8) is 0 Å². The molecular weight excluding hydrogens is 381 g/mol. The largest absolute Gasteiger partial charge is 0.326 e. The van der Waals surface area contributed by atoms with Gasteiger partial charge in [0.15, 0.2) is 0 Å². The van der Waals surface area contributed by atoms with Crippen LogP contribution in [0.4, 0.5) is 10.1 Å². The van der Waals surface area contributed by atoms with Crippen molar-refractivity contribution in [1.29, 1.82) is 0 Å². The molecule has 1 saturated heterocycles. The second-order valence-corrected chi connectivity index (χ2v) is 8.40. The van der Waals surface area contributed by atoms with Crippen molar-refractivity contribution in [2.24, 2.45) is 0 Å². The van der Waals surface area contributed by atoms with Gasteiger partial charge in [-0.1, -0.05) is 36.4 Å². The first-order chi connectivity index (χ1) is 14.2. The predicted octanol–water partition coefficient (Wildman–Crippen LogP) is 5.41. The highest BCUT2D eigenvalue weighted by Gasteiger charge is 2.15. The van der Waals surface area contributed by atoms with Crippen LogP contribution in [0.5, 0.6) is 0 Å². The van der Waals surface area contributed by atoms with Crippen molar-refractivity contribution in [2.75, 3.05) is 24.4 Å². The van der Waals surface area contributed by atoms with Crippen LogP contribution in [-0.4, -0.2) is 30.6 Å². The van der Waals surface area contributed by atoms with Gasteiger partial charge in [0.2, 0.25) is 0 Å². The summed E-state index contributed by atoms with van der Waals surface area (Å²) in [6.45, 7) is 6.52. The summed E-state index contributed by atoms with van der Waals surface area (Å²) >= 11 is 1.59. The number of anilines is 1. The highest BCUT2D eigenvalue weighted by atomic mass is 32.2. The van der Waals surface area contributed by atoms with Crippen LogP contribution < -0.4 is 10.0 Å². The zero-order valence-electron chi connectivity index (χ0n) is 16.6. The molecular formula is C24H26FN3S. The molecule has 2 N–H and O–H groups in total. The monoisotopic (exact) mass is 407 g/mol. The van der Waals surface area contributed by atoms with Gasteiger partial charge in [0.25, 0.3) is 0 Å². The highest BCUT2D eigenvalue weighted by Crippen LogP contribution is 2.26. The van der Waals surface area contributed by atoms with E-state index in [-0.39, 0.29) is 5.82 Å². The summed E-state index contributed by atoms with van der Waals surface area (Å²) in [7, 11) is 0. The number of halogens is 1. The summed E-state index contributed by atoms with van der Waals surface area (Å²) in [5, 5.41) is 3.48. The summed E-state index contributed by atoms with van der Waals surface area (Å²) in [6, 6.07) is 24.1. The van der Waals surface area contributed by atoms with Crippen LogP contribution in [0, 0.1) is 5.82 Å². The lowest BCUT2D eigenvalue weighted by atomic mass is 10.1. The zero-order valence-corrected chi connectivity index (χ0v) is 17.4. The molecule has 5 heteroatoms. The third-order valence-corrected chi connectivity index (χ3v) is 5.98. The van der Waals surface area contributed by atoms with E-state index in [1.165, 1.54) is 17.7 Å². The number of benzene rings is 3. The summed E-state index contributed by atoms with van der Waals surface area (Å²) in [5.41, 5.74) is 4.54. The summed E-state index contributed by atoms with van der Waals surface area (Å²) in [4.78, 5) is 3.64. The van der Waals surface area contributed by atoms with Gasteiger partial charge in [0, 0.05) is 42.8 Å². The van der Waals surface area contributed by atoms with Gasteiger partial charge in [-0.2, -0.15) is 0 Å². The zero-order chi connectivity index (χ0) is 20.1. The van der Waals surface area contributed by atoms with Gasteiger partial charge < -0.3 is 10.0 Å². The molecule has 1 aliphatic rings. The Morgan fingerprint density at radius 1 is 0.966 bits per heavy atom. The first-order valence-corrected chi connectivity index (χ1v) is 10.8. The third kappa shape index (κ3) is 5.60. The molecule has 3 aromatic rings. The summed E-state index contributed by atoms with van der Waals surface area (Å²) in [5.74, 6) is -0.210. The molecule has 3 aromatic carbocycles. The van der Waals surface area contributed by atoms with E-state index in [1.54, 1.807) is 24.1 Å². The molecule has 1 unspecified atom stereocenters. The van der Waals surface area contributed by atoms with Crippen LogP contribution in [0.25, 0.3) is 11.1 Å². The van der Waals surface area contributed by atoms with Gasteiger partial charge >= 0.3 is 0 Å².